The lowest BCUT2D eigenvalue weighted by Gasteiger charge is -2.16. The number of alkyl halides is 3. The first-order valence-electron chi connectivity index (χ1n) is 8.36. The zero-order valence-corrected chi connectivity index (χ0v) is 13.9. The van der Waals surface area contributed by atoms with Gasteiger partial charge in [-0.1, -0.05) is 30.3 Å². The van der Waals surface area contributed by atoms with Gasteiger partial charge < -0.3 is 5.32 Å². The molecule has 1 atom stereocenters. The molecule has 1 heterocycles. The number of rotatable bonds is 4. The minimum absolute atomic E-state index is 0.199. The smallest absolute Gasteiger partial charge is 0.348 e. The number of nitrogens with one attached hydrogen (secondary N) is 1. The Morgan fingerprint density at radius 3 is 2.60 bits per heavy atom. The number of amides is 1. The van der Waals surface area contributed by atoms with E-state index in [0.717, 1.165) is 18.4 Å². The Balaban J connectivity index is 1.76. The quantitative estimate of drug-likeness (QED) is 0.914. The molecule has 0 saturated heterocycles. The van der Waals surface area contributed by atoms with Crippen LogP contribution in [-0.4, -0.2) is 15.7 Å². The molecule has 4 nitrogen and oxygen atoms in total. The Kier molecular flexibility index (Phi) is 4.83. The van der Waals surface area contributed by atoms with Crippen LogP contribution in [0.5, 0.6) is 0 Å². The van der Waals surface area contributed by atoms with Crippen LogP contribution in [-0.2, 0) is 30.4 Å². The van der Waals surface area contributed by atoms with E-state index in [0.29, 0.717) is 18.5 Å². The Labute approximate surface area is 144 Å². The van der Waals surface area contributed by atoms with Gasteiger partial charge in [0.1, 0.15) is 6.54 Å². The Morgan fingerprint density at radius 2 is 1.92 bits per heavy atom. The van der Waals surface area contributed by atoms with Crippen LogP contribution in [0.3, 0.4) is 0 Å². The third-order valence-corrected chi connectivity index (χ3v) is 4.50. The number of benzene rings is 1. The second-order valence-electron chi connectivity index (χ2n) is 6.34. The lowest BCUT2D eigenvalue weighted by Crippen LogP contribution is -2.31. The first-order chi connectivity index (χ1) is 11.9. The zero-order chi connectivity index (χ0) is 18.0. The largest absolute Gasteiger partial charge is 0.435 e. The van der Waals surface area contributed by atoms with Crippen molar-refractivity contribution in [2.24, 2.45) is 0 Å². The number of hydrogen-bond acceptors (Lipinski definition) is 2. The Hall–Kier alpha value is -2.31. The number of hydrogen-bond donors (Lipinski definition) is 1. The Bertz CT molecular complexity index is 753. The number of carbonyl (C=O) groups is 1. The zero-order valence-electron chi connectivity index (χ0n) is 13.9. The van der Waals surface area contributed by atoms with Gasteiger partial charge in [0.25, 0.3) is 0 Å². The number of aromatic nitrogens is 2. The second-order valence-corrected chi connectivity index (χ2v) is 6.34. The predicted molar refractivity (Wildman–Crippen MR) is 86.9 cm³/mol. The van der Waals surface area contributed by atoms with Crippen molar-refractivity contribution in [3.05, 3.63) is 52.8 Å². The van der Waals surface area contributed by atoms with E-state index >= 15 is 0 Å². The summed E-state index contributed by atoms with van der Waals surface area (Å²) >= 11 is 0. The molecule has 1 unspecified atom stereocenters. The van der Waals surface area contributed by atoms with Crippen LogP contribution >= 0.6 is 0 Å². The van der Waals surface area contributed by atoms with Gasteiger partial charge in [-0.3, -0.25) is 9.48 Å². The maximum absolute atomic E-state index is 13.2. The van der Waals surface area contributed by atoms with Gasteiger partial charge in [0, 0.05) is 11.3 Å². The number of carbonyl (C=O) groups excluding carboxylic acids is 1. The van der Waals surface area contributed by atoms with Crippen molar-refractivity contribution in [3.8, 4) is 0 Å². The highest BCUT2D eigenvalue weighted by Crippen LogP contribution is 2.35. The number of nitrogens with zero attached hydrogens (tertiary/aromatic N) is 2. The molecule has 1 aliphatic rings. The summed E-state index contributed by atoms with van der Waals surface area (Å²) in [6.45, 7) is 1.64. The molecular formula is C18H20F3N3O. The number of halogens is 3. The van der Waals surface area contributed by atoms with Gasteiger partial charge in [0.05, 0.1) is 6.04 Å². The highest BCUT2D eigenvalue weighted by molar-refractivity contribution is 5.76. The number of fused-ring (bicyclic) bond motifs is 1. The van der Waals surface area contributed by atoms with Crippen LogP contribution in [0, 0.1) is 0 Å². The summed E-state index contributed by atoms with van der Waals surface area (Å²) in [6, 6.07) is 9.19. The minimum atomic E-state index is -4.49. The van der Waals surface area contributed by atoms with E-state index in [1.807, 2.05) is 37.3 Å². The van der Waals surface area contributed by atoms with Crippen molar-refractivity contribution in [2.75, 3.05) is 0 Å². The average Bonchev–Trinajstić information content (AvgIpc) is 2.94. The highest BCUT2D eigenvalue weighted by atomic mass is 19.4. The fourth-order valence-corrected chi connectivity index (χ4v) is 3.28. The molecule has 1 amide bonds. The molecule has 0 aliphatic heterocycles. The third kappa shape index (κ3) is 3.86. The fourth-order valence-electron chi connectivity index (χ4n) is 3.28. The Morgan fingerprint density at radius 1 is 1.24 bits per heavy atom. The van der Waals surface area contributed by atoms with Crippen molar-refractivity contribution in [3.63, 3.8) is 0 Å². The normalized spacial score (nSPS) is 15.5. The standard InChI is InChI=1S/C18H20F3N3O/c1-12(13-7-3-2-4-8-13)22-16(25)11-24-15-10-6-5-9-14(15)17(23-24)18(19,20)21/h2-4,7-8,12H,5-6,9-11H2,1H3,(H,22,25). The van der Waals surface area contributed by atoms with Crippen molar-refractivity contribution in [1.29, 1.82) is 0 Å². The van der Waals surface area contributed by atoms with Crippen LogP contribution in [0.15, 0.2) is 30.3 Å². The van der Waals surface area contributed by atoms with Gasteiger partial charge in [0.2, 0.25) is 5.91 Å². The molecule has 3 rings (SSSR count). The van der Waals surface area contributed by atoms with Crippen LogP contribution in [0.2, 0.25) is 0 Å². The van der Waals surface area contributed by atoms with Gasteiger partial charge >= 0.3 is 6.18 Å². The predicted octanol–water partition coefficient (Wildman–Crippen LogP) is 3.66. The molecule has 1 aliphatic carbocycles. The molecular weight excluding hydrogens is 331 g/mol. The minimum Gasteiger partial charge on any atom is -0.348 e. The highest BCUT2D eigenvalue weighted by Gasteiger charge is 2.39. The van der Waals surface area contributed by atoms with Gasteiger partial charge in [-0.15, -0.1) is 0 Å². The summed E-state index contributed by atoms with van der Waals surface area (Å²) in [7, 11) is 0. The van der Waals surface area contributed by atoms with E-state index in [2.05, 4.69) is 10.4 Å². The first kappa shape index (κ1) is 17.5. The molecule has 0 radical (unpaired) electrons. The van der Waals surface area contributed by atoms with E-state index in [1.54, 1.807) is 0 Å². The van der Waals surface area contributed by atoms with E-state index in [1.165, 1.54) is 4.68 Å². The summed E-state index contributed by atoms with van der Waals surface area (Å²) in [5, 5.41) is 6.53. The molecule has 1 N–H and O–H groups in total. The lowest BCUT2D eigenvalue weighted by molar-refractivity contribution is -0.142. The molecule has 0 saturated carbocycles. The van der Waals surface area contributed by atoms with Crippen molar-refractivity contribution >= 4 is 5.91 Å². The average molecular weight is 351 g/mol. The topological polar surface area (TPSA) is 46.9 Å². The molecule has 2 aromatic rings. The lowest BCUT2D eigenvalue weighted by atomic mass is 9.95. The van der Waals surface area contributed by atoms with E-state index in [-0.39, 0.29) is 24.1 Å². The molecule has 1 aromatic carbocycles. The first-order valence-corrected chi connectivity index (χ1v) is 8.36. The fraction of sp³-hybridized carbons (Fsp3) is 0.444. The van der Waals surface area contributed by atoms with Gasteiger partial charge in [0.15, 0.2) is 5.69 Å². The summed E-state index contributed by atoms with van der Waals surface area (Å²) in [5.74, 6) is -0.346. The van der Waals surface area contributed by atoms with Crippen molar-refractivity contribution in [2.45, 2.75) is 51.4 Å². The molecule has 25 heavy (non-hydrogen) atoms. The molecule has 1 aromatic heterocycles. The van der Waals surface area contributed by atoms with Gasteiger partial charge in [-0.2, -0.15) is 18.3 Å². The molecule has 0 fully saturated rings. The third-order valence-electron chi connectivity index (χ3n) is 4.50. The van der Waals surface area contributed by atoms with E-state index < -0.39 is 11.9 Å². The van der Waals surface area contributed by atoms with Crippen LogP contribution < -0.4 is 5.32 Å². The summed E-state index contributed by atoms with van der Waals surface area (Å²) < 4.78 is 40.8. The van der Waals surface area contributed by atoms with Crippen LogP contribution in [0.4, 0.5) is 13.2 Å². The van der Waals surface area contributed by atoms with Crippen LogP contribution in [0.1, 0.15) is 48.3 Å². The summed E-state index contributed by atoms with van der Waals surface area (Å²) in [5.41, 5.74) is 0.893. The molecule has 134 valence electrons. The molecule has 7 heteroatoms. The summed E-state index contributed by atoms with van der Waals surface area (Å²) in [6.07, 6.45) is -2.05. The molecule has 0 bridgehead atoms. The van der Waals surface area contributed by atoms with Gasteiger partial charge in [-0.25, -0.2) is 0 Å². The maximum Gasteiger partial charge on any atom is 0.435 e. The SMILES string of the molecule is CC(NC(=O)Cn1nc(C(F)(F)F)c2c1CCCC2)c1ccccc1. The van der Waals surface area contributed by atoms with Crippen molar-refractivity contribution in [1.82, 2.24) is 15.1 Å². The molecule has 0 spiro atoms. The van der Waals surface area contributed by atoms with Gasteiger partial charge in [-0.05, 0) is 38.2 Å². The van der Waals surface area contributed by atoms with E-state index in [9.17, 15) is 18.0 Å². The summed E-state index contributed by atoms with van der Waals surface area (Å²) in [4.78, 5) is 12.3. The maximum atomic E-state index is 13.2. The second kappa shape index (κ2) is 6.90. The van der Waals surface area contributed by atoms with E-state index in [4.69, 9.17) is 0 Å². The van der Waals surface area contributed by atoms with Crippen LogP contribution in [0.25, 0.3) is 0 Å². The monoisotopic (exact) mass is 351 g/mol. The van der Waals surface area contributed by atoms with Crippen molar-refractivity contribution < 1.29 is 18.0 Å².